The second-order valence-corrected chi connectivity index (χ2v) is 6.61. The van der Waals surface area contributed by atoms with Crippen LogP contribution < -0.4 is 9.80 Å². The summed E-state index contributed by atoms with van der Waals surface area (Å²) in [6.07, 6.45) is 8.01. The van der Waals surface area contributed by atoms with Crippen molar-refractivity contribution in [3.63, 3.8) is 0 Å². The summed E-state index contributed by atoms with van der Waals surface area (Å²) in [5, 5.41) is 0. The maximum absolute atomic E-state index is 5.48. The van der Waals surface area contributed by atoms with Gasteiger partial charge in [-0.05, 0) is 12.5 Å². The second kappa shape index (κ2) is 6.58. The lowest BCUT2D eigenvalue weighted by Crippen LogP contribution is -2.37. The molecule has 1 saturated heterocycles. The number of aromatic nitrogens is 6. The Kier molecular flexibility index (Phi) is 3.93. The summed E-state index contributed by atoms with van der Waals surface area (Å²) in [4.78, 5) is 27.3. The first kappa shape index (κ1) is 16.1. The highest BCUT2D eigenvalue weighted by Gasteiger charge is 2.30. The van der Waals surface area contributed by atoms with Crippen molar-refractivity contribution in [2.45, 2.75) is 6.42 Å². The van der Waals surface area contributed by atoms with E-state index < -0.39 is 0 Å². The van der Waals surface area contributed by atoms with Crippen molar-refractivity contribution < 1.29 is 4.74 Å². The third-order valence-electron chi connectivity index (χ3n) is 4.95. The predicted octanol–water partition coefficient (Wildman–Crippen LogP) is 1.20. The molecule has 0 amide bonds. The van der Waals surface area contributed by atoms with Crippen molar-refractivity contribution in [2.24, 2.45) is 7.05 Å². The minimum atomic E-state index is 0.637. The first-order valence-electron chi connectivity index (χ1n) is 9.06. The highest BCUT2D eigenvalue weighted by Crippen LogP contribution is 2.38. The maximum atomic E-state index is 5.48. The van der Waals surface area contributed by atoms with Gasteiger partial charge in [0, 0.05) is 44.6 Å². The van der Waals surface area contributed by atoms with Crippen LogP contribution in [0.5, 0.6) is 0 Å². The van der Waals surface area contributed by atoms with Crippen LogP contribution in [0.25, 0.3) is 11.5 Å². The Morgan fingerprint density at radius 2 is 1.85 bits per heavy atom. The molecule has 0 bridgehead atoms. The fraction of sp³-hybridized carbons (Fsp3) is 0.389. The Balaban J connectivity index is 1.66. The van der Waals surface area contributed by atoms with Crippen molar-refractivity contribution in [1.82, 2.24) is 29.5 Å². The van der Waals surface area contributed by atoms with Crippen LogP contribution in [0, 0.1) is 0 Å². The van der Waals surface area contributed by atoms with Crippen LogP contribution in [0.3, 0.4) is 0 Å². The zero-order valence-corrected chi connectivity index (χ0v) is 15.1. The van der Waals surface area contributed by atoms with Gasteiger partial charge in [0.05, 0.1) is 25.7 Å². The summed E-state index contributed by atoms with van der Waals surface area (Å²) in [5.41, 5.74) is 1.89. The number of hydrogen-bond acceptors (Lipinski definition) is 8. The molecule has 138 valence electrons. The number of rotatable bonds is 3. The van der Waals surface area contributed by atoms with Gasteiger partial charge in [-0.25, -0.2) is 19.9 Å². The van der Waals surface area contributed by atoms with E-state index in [0.717, 1.165) is 48.9 Å². The Labute approximate surface area is 156 Å². The number of hydrogen-bond donors (Lipinski definition) is 0. The van der Waals surface area contributed by atoms with Crippen LogP contribution in [0.15, 0.2) is 31.0 Å². The highest BCUT2D eigenvalue weighted by molar-refractivity contribution is 5.73. The van der Waals surface area contributed by atoms with Gasteiger partial charge in [0.2, 0.25) is 5.95 Å². The van der Waals surface area contributed by atoms with Gasteiger partial charge in [-0.2, -0.15) is 4.98 Å². The number of fused-ring (bicyclic) bond motifs is 1. The summed E-state index contributed by atoms with van der Waals surface area (Å²) < 4.78 is 7.48. The van der Waals surface area contributed by atoms with Crippen molar-refractivity contribution in [3.8, 4) is 11.5 Å². The molecule has 27 heavy (non-hydrogen) atoms. The van der Waals surface area contributed by atoms with Crippen molar-refractivity contribution in [1.29, 1.82) is 0 Å². The quantitative estimate of drug-likeness (QED) is 0.685. The fourth-order valence-electron chi connectivity index (χ4n) is 3.59. The fourth-order valence-corrected chi connectivity index (χ4v) is 3.59. The number of anilines is 3. The van der Waals surface area contributed by atoms with Crippen LogP contribution in [0.1, 0.15) is 5.56 Å². The van der Waals surface area contributed by atoms with Crippen LogP contribution in [-0.4, -0.2) is 62.3 Å². The van der Waals surface area contributed by atoms with Crippen LogP contribution in [0.4, 0.5) is 17.6 Å². The van der Waals surface area contributed by atoms with E-state index >= 15 is 0 Å². The van der Waals surface area contributed by atoms with E-state index in [1.54, 1.807) is 18.7 Å². The summed E-state index contributed by atoms with van der Waals surface area (Å²) in [6.45, 7) is 3.75. The van der Waals surface area contributed by atoms with E-state index in [0.29, 0.717) is 25.0 Å². The molecule has 0 radical (unpaired) electrons. The zero-order chi connectivity index (χ0) is 18.2. The predicted molar refractivity (Wildman–Crippen MR) is 100 cm³/mol. The molecule has 0 unspecified atom stereocenters. The van der Waals surface area contributed by atoms with E-state index in [4.69, 9.17) is 14.7 Å². The molecule has 2 aliphatic rings. The van der Waals surface area contributed by atoms with Crippen LogP contribution in [-0.2, 0) is 18.2 Å². The molecular weight excluding hydrogens is 344 g/mol. The van der Waals surface area contributed by atoms with Crippen molar-refractivity contribution in [2.75, 3.05) is 42.6 Å². The molecule has 5 heterocycles. The van der Waals surface area contributed by atoms with Crippen molar-refractivity contribution >= 4 is 17.6 Å². The third-order valence-corrected chi connectivity index (χ3v) is 4.95. The molecule has 0 aromatic carbocycles. The first-order valence-corrected chi connectivity index (χ1v) is 9.06. The van der Waals surface area contributed by atoms with Crippen LogP contribution >= 0.6 is 0 Å². The topological polar surface area (TPSA) is 85.1 Å². The molecule has 1 fully saturated rings. The molecule has 9 heteroatoms. The number of morpholine rings is 1. The van der Waals surface area contributed by atoms with Gasteiger partial charge >= 0.3 is 0 Å². The lowest BCUT2D eigenvalue weighted by Gasteiger charge is -2.28. The Morgan fingerprint density at radius 3 is 2.59 bits per heavy atom. The van der Waals surface area contributed by atoms with Gasteiger partial charge in [0.15, 0.2) is 5.82 Å². The smallest absolute Gasteiger partial charge is 0.228 e. The lowest BCUT2D eigenvalue weighted by atomic mass is 10.1. The number of ether oxygens (including phenoxy) is 1. The van der Waals surface area contributed by atoms with Gasteiger partial charge in [0.25, 0.3) is 0 Å². The van der Waals surface area contributed by atoms with Gasteiger partial charge < -0.3 is 19.1 Å². The Bertz CT molecular complexity index is 951. The van der Waals surface area contributed by atoms with Gasteiger partial charge in [-0.15, -0.1) is 0 Å². The van der Waals surface area contributed by atoms with E-state index in [1.165, 1.54) is 0 Å². The van der Waals surface area contributed by atoms with E-state index in [9.17, 15) is 0 Å². The SMILES string of the molecule is Cn1cncc1N1CCc2c(-c3ncccn3)nc(N3CCOCC3)nc21. The van der Waals surface area contributed by atoms with E-state index in [1.807, 2.05) is 23.9 Å². The summed E-state index contributed by atoms with van der Waals surface area (Å²) in [5.74, 6) is 3.27. The van der Waals surface area contributed by atoms with Gasteiger partial charge in [0.1, 0.15) is 17.3 Å². The highest BCUT2D eigenvalue weighted by atomic mass is 16.5. The maximum Gasteiger partial charge on any atom is 0.228 e. The summed E-state index contributed by atoms with van der Waals surface area (Å²) in [6, 6.07) is 1.82. The molecule has 3 aromatic rings. The minimum Gasteiger partial charge on any atom is -0.378 e. The largest absolute Gasteiger partial charge is 0.378 e. The Hall–Kier alpha value is -3.07. The van der Waals surface area contributed by atoms with Gasteiger partial charge in [-0.3, -0.25) is 0 Å². The second-order valence-electron chi connectivity index (χ2n) is 6.61. The normalized spacial score (nSPS) is 16.6. The van der Waals surface area contributed by atoms with E-state index in [2.05, 4.69) is 24.8 Å². The third kappa shape index (κ3) is 2.80. The minimum absolute atomic E-state index is 0.637. The number of imidazole rings is 1. The van der Waals surface area contributed by atoms with Crippen molar-refractivity contribution in [3.05, 3.63) is 36.5 Å². The summed E-state index contributed by atoms with van der Waals surface area (Å²) >= 11 is 0. The molecule has 0 aliphatic carbocycles. The average molecular weight is 364 g/mol. The first-order chi connectivity index (χ1) is 13.3. The lowest BCUT2D eigenvalue weighted by molar-refractivity contribution is 0.122. The molecule has 0 spiro atoms. The molecule has 0 saturated carbocycles. The number of nitrogens with zero attached hydrogens (tertiary/aromatic N) is 8. The molecule has 2 aliphatic heterocycles. The molecular formula is C18H20N8O. The average Bonchev–Trinajstić information content (AvgIpc) is 3.34. The monoisotopic (exact) mass is 364 g/mol. The number of aryl methyl sites for hydroxylation is 1. The van der Waals surface area contributed by atoms with Gasteiger partial charge in [-0.1, -0.05) is 0 Å². The standard InChI is InChI=1S/C18H20N8O/c1-24-12-19-11-14(24)26-6-3-13-15(16-20-4-2-5-21-16)22-18(23-17(13)26)25-7-9-27-10-8-25/h2,4-5,11-12H,3,6-10H2,1H3. The molecule has 9 nitrogen and oxygen atoms in total. The van der Waals surface area contributed by atoms with Crippen LogP contribution in [0.2, 0.25) is 0 Å². The van der Waals surface area contributed by atoms with E-state index in [-0.39, 0.29) is 0 Å². The Morgan fingerprint density at radius 1 is 1.04 bits per heavy atom. The molecule has 0 N–H and O–H groups in total. The molecule has 0 atom stereocenters. The summed E-state index contributed by atoms with van der Waals surface area (Å²) in [7, 11) is 1.99. The zero-order valence-electron chi connectivity index (χ0n) is 15.1. The molecule has 5 rings (SSSR count). The molecule has 3 aromatic heterocycles.